The van der Waals surface area contributed by atoms with Gasteiger partial charge in [-0.2, -0.15) is 0 Å². The van der Waals surface area contributed by atoms with Crippen molar-refractivity contribution in [2.75, 3.05) is 6.54 Å². The third kappa shape index (κ3) is 2.67. The molecular weight excluding hydrogens is 213 g/mol. The molecule has 0 spiro atoms. The molecule has 0 aromatic rings. The smallest absolute Gasteiger partial charge is 0.0325 e. The van der Waals surface area contributed by atoms with Gasteiger partial charge in [0.25, 0.3) is 0 Å². The third-order valence-electron chi connectivity index (χ3n) is 1.06. The first-order valence-corrected chi connectivity index (χ1v) is 3.98. The summed E-state index contributed by atoms with van der Waals surface area (Å²) in [5.41, 5.74) is 6.49. The van der Waals surface area contributed by atoms with Crippen molar-refractivity contribution in [1.29, 1.82) is 0 Å². The van der Waals surface area contributed by atoms with E-state index in [-0.39, 0.29) is 0 Å². The van der Waals surface area contributed by atoms with E-state index in [1.54, 1.807) is 0 Å². The maximum Gasteiger partial charge on any atom is 0.0325 e. The minimum atomic E-state index is 0.567. The van der Waals surface area contributed by atoms with Crippen molar-refractivity contribution in [2.45, 2.75) is 17.3 Å². The first-order chi connectivity index (χ1) is 3.72. The Balaban J connectivity index is 3.46. The van der Waals surface area contributed by atoms with Crippen molar-refractivity contribution in [3.63, 3.8) is 0 Å². The predicted molar refractivity (Wildman–Crippen MR) is 46.3 cm³/mol. The zero-order valence-corrected chi connectivity index (χ0v) is 7.31. The average molecular weight is 225 g/mol. The summed E-state index contributed by atoms with van der Waals surface area (Å²) in [6, 6.07) is 0. The first-order valence-electron chi connectivity index (χ1n) is 2.74. The molecule has 48 valence electrons. The van der Waals surface area contributed by atoms with Crippen LogP contribution in [0, 0.1) is 0 Å². The van der Waals surface area contributed by atoms with Gasteiger partial charge < -0.3 is 5.73 Å². The number of halogens is 1. The van der Waals surface area contributed by atoms with E-state index in [9.17, 15) is 0 Å². The van der Waals surface area contributed by atoms with Gasteiger partial charge in [-0.15, -0.1) is 0 Å². The van der Waals surface area contributed by atoms with Crippen LogP contribution in [0.5, 0.6) is 0 Å². The highest BCUT2D eigenvalue weighted by atomic mass is 127. The lowest BCUT2D eigenvalue weighted by atomic mass is 10.2. The summed E-state index contributed by atoms with van der Waals surface area (Å²) >= 11 is 2.35. The summed E-state index contributed by atoms with van der Waals surface area (Å²) in [4.78, 5) is 0. The van der Waals surface area contributed by atoms with E-state index in [0.717, 1.165) is 12.0 Å². The molecule has 0 rings (SSSR count). The van der Waals surface area contributed by atoms with Crippen molar-refractivity contribution in [2.24, 2.45) is 5.73 Å². The Bertz CT molecular complexity index is 80.6. The molecule has 0 aliphatic rings. The monoisotopic (exact) mass is 225 g/mol. The van der Waals surface area contributed by atoms with Crippen LogP contribution in [-0.4, -0.2) is 10.5 Å². The van der Waals surface area contributed by atoms with Gasteiger partial charge in [0.05, 0.1) is 0 Å². The first kappa shape index (κ1) is 8.43. The molecule has 0 radical (unpaired) electrons. The minimum Gasteiger partial charge on any atom is -0.327 e. The maximum absolute atomic E-state index is 5.34. The topological polar surface area (TPSA) is 26.0 Å². The Morgan fingerprint density at radius 2 is 2.38 bits per heavy atom. The fraction of sp³-hybridized carbons (Fsp3) is 0.667. The van der Waals surface area contributed by atoms with Crippen molar-refractivity contribution in [3.8, 4) is 0 Å². The average Bonchev–Trinajstić information content (AvgIpc) is 1.84. The molecule has 0 heterocycles. The van der Waals surface area contributed by atoms with Crippen molar-refractivity contribution >= 4 is 22.6 Å². The van der Waals surface area contributed by atoms with E-state index < -0.39 is 0 Å². The largest absolute Gasteiger partial charge is 0.327 e. The number of hydrogen-bond donors (Lipinski definition) is 1. The molecule has 1 atom stereocenters. The van der Waals surface area contributed by atoms with E-state index in [0.29, 0.717) is 10.5 Å². The maximum atomic E-state index is 5.34. The zero-order chi connectivity index (χ0) is 6.57. The highest BCUT2D eigenvalue weighted by molar-refractivity contribution is 14.1. The molecule has 0 saturated carbocycles. The van der Waals surface area contributed by atoms with Gasteiger partial charge in [0.2, 0.25) is 0 Å². The second-order valence-electron chi connectivity index (χ2n) is 1.74. The number of alkyl halides is 1. The van der Waals surface area contributed by atoms with Crippen molar-refractivity contribution in [1.82, 2.24) is 0 Å². The van der Waals surface area contributed by atoms with Gasteiger partial charge in [0, 0.05) is 10.5 Å². The molecule has 0 amide bonds. The molecule has 0 aliphatic heterocycles. The second kappa shape index (κ2) is 4.32. The number of nitrogens with two attached hydrogens (primary N) is 1. The summed E-state index contributed by atoms with van der Waals surface area (Å²) in [7, 11) is 0. The SMILES string of the molecule is C=C(CN)C(I)CC. The molecule has 2 N–H and O–H groups in total. The van der Waals surface area contributed by atoms with E-state index in [2.05, 4.69) is 36.1 Å². The Labute approximate surface area is 64.5 Å². The Kier molecular flexibility index (Phi) is 4.56. The predicted octanol–water partition coefficient (Wildman–Crippen LogP) is 1.71. The van der Waals surface area contributed by atoms with E-state index >= 15 is 0 Å². The van der Waals surface area contributed by atoms with Gasteiger partial charge in [-0.05, 0) is 6.42 Å². The van der Waals surface area contributed by atoms with E-state index in [1.165, 1.54) is 0 Å². The van der Waals surface area contributed by atoms with Gasteiger partial charge in [0.1, 0.15) is 0 Å². The minimum absolute atomic E-state index is 0.567. The normalized spacial score (nSPS) is 13.4. The summed E-state index contributed by atoms with van der Waals surface area (Å²) in [5.74, 6) is 0. The molecule has 0 aromatic carbocycles. The Morgan fingerprint density at radius 3 is 2.50 bits per heavy atom. The summed E-state index contributed by atoms with van der Waals surface area (Å²) in [5, 5.41) is 0. The molecule has 2 heteroatoms. The number of rotatable bonds is 3. The molecule has 0 aromatic heterocycles. The van der Waals surface area contributed by atoms with Crippen LogP contribution >= 0.6 is 22.6 Å². The highest BCUT2D eigenvalue weighted by Crippen LogP contribution is 2.12. The lowest BCUT2D eigenvalue weighted by Crippen LogP contribution is -2.10. The molecular formula is C6H12IN. The van der Waals surface area contributed by atoms with Gasteiger partial charge in [-0.1, -0.05) is 41.7 Å². The lowest BCUT2D eigenvalue weighted by molar-refractivity contribution is 0.923. The number of hydrogen-bond acceptors (Lipinski definition) is 1. The summed E-state index contributed by atoms with van der Waals surface area (Å²) < 4.78 is 0.567. The molecule has 1 unspecified atom stereocenters. The molecule has 0 saturated heterocycles. The Morgan fingerprint density at radius 1 is 1.88 bits per heavy atom. The molecule has 0 aliphatic carbocycles. The fourth-order valence-corrected chi connectivity index (χ4v) is 0.671. The van der Waals surface area contributed by atoms with Crippen LogP contribution in [0.4, 0.5) is 0 Å². The van der Waals surface area contributed by atoms with Crippen LogP contribution in [-0.2, 0) is 0 Å². The summed E-state index contributed by atoms with van der Waals surface area (Å²) in [6.07, 6.45) is 1.14. The van der Waals surface area contributed by atoms with Crippen LogP contribution in [0.1, 0.15) is 13.3 Å². The van der Waals surface area contributed by atoms with E-state index in [1.807, 2.05) is 0 Å². The van der Waals surface area contributed by atoms with Gasteiger partial charge >= 0.3 is 0 Å². The fourth-order valence-electron chi connectivity index (χ4n) is 0.417. The second-order valence-corrected chi connectivity index (χ2v) is 3.24. The van der Waals surface area contributed by atoms with Crippen LogP contribution < -0.4 is 5.73 Å². The summed E-state index contributed by atoms with van der Waals surface area (Å²) in [6.45, 7) is 6.57. The molecule has 8 heavy (non-hydrogen) atoms. The van der Waals surface area contributed by atoms with Gasteiger partial charge in [-0.3, -0.25) is 0 Å². The van der Waals surface area contributed by atoms with Crippen LogP contribution in [0.25, 0.3) is 0 Å². The lowest BCUT2D eigenvalue weighted by Gasteiger charge is -2.06. The van der Waals surface area contributed by atoms with Crippen LogP contribution in [0.2, 0.25) is 0 Å². The molecule has 1 nitrogen and oxygen atoms in total. The van der Waals surface area contributed by atoms with Crippen LogP contribution in [0.15, 0.2) is 12.2 Å². The van der Waals surface area contributed by atoms with Crippen LogP contribution in [0.3, 0.4) is 0 Å². The third-order valence-corrected chi connectivity index (χ3v) is 2.83. The van der Waals surface area contributed by atoms with E-state index in [4.69, 9.17) is 5.73 Å². The Hall–Kier alpha value is 0.430. The van der Waals surface area contributed by atoms with Crippen molar-refractivity contribution in [3.05, 3.63) is 12.2 Å². The van der Waals surface area contributed by atoms with Crippen molar-refractivity contribution < 1.29 is 0 Å². The quantitative estimate of drug-likeness (QED) is 0.441. The standard InChI is InChI=1S/C6H12IN/c1-3-6(7)5(2)4-8/h6H,2-4,8H2,1H3. The highest BCUT2D eigenvalue weighted by Gasteiger charge is 2.01. The molecule has 0 fully saturated rings. The van der Waals surface area contributed by atoms with Gasteiger partial charge in [-0.25, -0.2) is 0 Å². The molecule has 0 bridgehead atoms. The van der Waals surface area contributed by atoms with Gasteiger partial charge in [0.15, 0.2) is 0 Å². The zero-order valence-electron chi connectivity index (χ0n) is 5.15.